The van der Waals surface area contributed by atoms with Crippen molar-refractivity contribution in [3.63, 3.8) is 0 Å². The molecular weight excluding hydrogens is 228 g/mol. The zero-order valence-electron chi connectivity index (χ0n) is 11.7. The number of anilines is 2. The molecule has 5 heteroatoms. The molecular formula is C13H22N4O. The van der Waals surface area contributed by atoms with Crippen LogP contribution >= 0.6 is 0 Å². The number of hydrogen-bond donors (Lipinski definition) is 1. The van der Waals surface area contributed by atoms with E-state index in [0.717, 1.165) is 30.4 Å². The van der Waals surface area contributed by atoms with E-state index in [4.69, 9.17) is 0 Å². The van der Waals surface area contributed by atoms with Gasteiger partial charge >= 0.3 is 0 Å². The highest BCUT2D eigenvalue weighted by atomic mass is 16.1. The summed E-state index contributed by atoms with van der Waals surface area (Å²) >= 11 is 0. The predicted molar refractivity (Wildman–Crippen MR) is 74.1 cm³/mol. The number of nitrogens with zero attached hydrogens (tertiary/aromatic N) is 3. The first-order valence-electron chi connectivity index (χ1n) is 6.33. The summed E-state index contributed by atoms with van der Waals surface area (Å²) in [5.41, 5.74) is 0. The zero-order chi connectivity index (χ0) is 13.5. The van der Waals surface area contributed by atoms with Crippen LogP contribution in [0.15, 0.2) is 6.07 Å². The van der Waals surface area contributed by atoms with E-state index in [0.29, 0.717) is 13.0 Å². The lowest BCUT2D eigenvalue weighted by molar-refractivity contribution is -0.116. The van der Waals surface area contributed by atoms with Crippen molar-refractivity contribution in [2.75, 3.05) is 30.4 Å². The third-order valence-corrected chi connectivity index (χ3v) is 2.57. The lowest BCUT2D eigenvalue weighted by Gasteiger charge is -2.18. The minimum atomic E-state index is 0.192. The van der Waals surface area contributed by atoms with E-state index in [-0.39, 0.29) is 5.78 Å². The molecule has 0 unspecified atom stereocenters. The maximum atomic E-state index is 11.0. The highest BCUT2D eigenvalue weighted by molar-refractivity contribution is 5.76. The fourth-order valence-electron chi connectivity index (χ4n) is 1.53. The van der Waals surface area contributed by atoms with Crippen LogP contribution in [-0.4, -0.2) is 35.9 Å². The lowest BCUT2D eigenvalue weighted by Crippen LogP contribution is -2.22. The summed E-state index contributed by atoms with van der Waals surface area (Å²) in [6.07, 6.45) is 1.59. The Labute approximate surface area is 109 Å². The van der Waals surface area contributed by atoms with E-state index in [1.807, 2.05) is 24.9 Å². The van der Waals surface area contributed by atoms with Gasteiger partial charge in [0, 0.05) is 32.6 Å². The van der Waals surface area contributed by atoms with Crippen molar-refractivity contribution in [1.29, 1.82) is 0 Å². The highest BCUT2D eigenvalue weighted by Crippen LogP contribution is 2.14. The molecule has 0 saturated carbocycles. The van der Waals surface area contributed by atoms with E-state index in [1.165, 1.54) is 0 Å². The Hall–Kier alpha value is -1.65. The number of hydrogen-bond acceptors (Lipinski definition) is 5. The van der Waals surface area contributed by atoms with Gasteiger partial charge in [-0.1, -0.05) is 6.92 Å². The molecule has 0 radical (unpaired) electrons. The van der Waals surface area contributed by atoms with Crippen molar-refractivity contribution in [3.05, 3.63) is 11.9 Å². The van der Waals surface area contributed by atoms with Crippen LogP contribution in [0.25, 0.3) is 0 Å². The molecule has 5 nitrogen and oxygen atoms in total. The van der Waals surface area contributed by atoms with Gasteiger partial charge in [0.1, 0.15) is 23.2 Å². The molecule has 0 spiro atoms. The minimum Gasteiger partial charge on any atom is -0.370 e. The van der Waals surface area contributed by atoms with Gasteiger partial charge in [-0.15, -0.1) is 0 Å². The second-order valence-electron chi connectivity index (χ2n) is 4.46. The quantitative estimate of drug-likeness (QED) is 0.802. The van der Waals surface area contributed by atoms with Gasteiger partial charge in [-0.2, -0.15) is 0 Å². The van der Waals surface area contributed by atoms with Crippen molar-refractivity contribution >= 4 is 17.4 Å². The van der Waals surface area contributed by atoms with Gasteiger partial charge in [-0.05, 0) is 20.3 Å². The fraction of sp³-hybridized carbons (Fsp3) is 0.615. The molecule has 100 valence electrons. The van der Waals surface area contributed by atoms with E-state index in [2.05, 4.69) is 22.2 Å². The Bertz CT molecular complexity index is 406. The van der Waals surface area contributed by atoms with Gasteiger partial charge < -0.3 is 10.2 Å². The van der Waals surface area contributed by atoms with Crippen molar-refractivity contribution in [1.82, 2.24) is 9.97 Å². The van der Waals surface area contributed by atoms with Crippen molar-refractivity contribution in [2.24, 2.45) is 0 Å². The second kappa shape index (κ2) is 6.93. The molecule has 0 aliphatic rings. The van der Waals surface area contributed by atoms with E-state index in [1.54, 1.807) is 6.92 Å². The lowest BCUT2D eigenvalue weighted by atomic mass is 10.3. The minimum absolute atomic E-state index is 0.192. The van der Waals surface area contributed by atoms with E-state index < -0.39 is 0 Å². The molecule has 1 aromatic heterocycles. The Morgan fingerprint density at radius 1 is 1.44 bits per heavy atom. The van der Waals surface area contributed by atoms with Gasteiger partial charge in [0.05, 0.1) is 0 Å². The van der Waals surface area contributed by atoms with Crippen molar-refractivity contribution < 1.29 is 4.79 Å². The molecule has 1 rings (SSSR count). The smallest absolute Gasteiger partial charge is 0.134 e. The maximum Gasteiger partial charge on any atom is 0.134 e. The van der Waals surface area contributed by atoms with Gasteiger partial charge in [0.2, 0.25) is 0 Å². The average Bonchev–Trinajstić information content (AvgIpc) is 2.32. The Balaban J connectivity index is 2.74. The Morgan fingerprint density at radius 2 is 2.17 bits per heavy atom. The largest absolute Gasteiger partial charge is 0.370 e. The molecule has 0 aromatic carbocycles. The second-order valence-corrected chi connectivity index (χ2v) is 4.46. The molecule has 1 aromatic rings. The fourth-order valence-corrected chi connectivity index (χ4v) is 1.53. The molecule has 0 atom stereocenters. The summed E-state index contributed by atoms with van der Waals surface area (Å²) in [5, 5.41) is 3.25. The molecule has 0 aliphatic carbocycles. The number of Topliss-reactive ketones (excluding diaryl/α,β-unsaturated/α-hetero) is 1. The monoisotopic (exact) mass is 250 g/mol. The summed E-state index contributed by atoms with van der Waals surface area (Å²) in [7, 11) is 1.94. The summed E-state index contributed by atoms with van der Waals surface area (Å²) in [5.74, 6) is 2.62. The molecule has 0 amide bonds. The molecule has 18 heavy (non-hydrogen) atoms. The van der Waals surface area contributed by atoms with Crippen LogP contribution < -0.4 is 10.2 Å². The summed E-state index contributed by atoms with van der Waals surface area (Å²) in [6.45, 7) is 7.17. The van der Waals surface area contributed by atoms with Crippen LogP contribution in [-0.2, 0) is 4.79 Å². The van der Waals surface area contributed by atoms with Crippen LogP contribution in [0.1, 0.15) is 32.5 Å². The van der Waals surface area contributed by atoms with Crippen LogP contribution in [0.2, 0.25) is 0 Å². The number of nitrogens with one attached hydrogen (secondary N) is 1. The SMILES string of the molecule is CCCNc1cc(N(C)CCC(C)=O)nc(C)n1. The van der Waals surface area contributed by atoms with E-state index in [9.17, 15) is 4.79 Å². The van der Waals surface area contributed by atoms with Crippen LogP contribution in [0, 0.1) is 6.92 Å². The topological polar surface area (TPSA) is 58.1 Å². The van der Waals surface area contributed by atoms with Gasteiger partial charge in [-0.25, -0.2) is 9.97 Å². The molecule has 0 bridgehead atoms. The number of ketones is 1. The average molecular weight is 250 g/mol. The van der Waals surface area contributed by atoms with Gasteiger partial charge in [0.25, 0.3) is 0 Å². The third kappa shape index (κ3) is 4.69. The first kappa shape index (κ1) is 14.4. The molecule has 0 fully saturated rings. The number of aryl methyl sites for hydroxylation is 1. The number of carbonyl (C=O) groups excluding carboxylic acids is 1. The van der Waals surface area contributed by atoms with Gasteiger partial charge in [0.15, 0.2) is 0 Å². The predicted octanol–water partition coefficient (Wildman–Crippen LogP) is 2.02. The summed E-state index contributed by atoms with van der Waals surface area (Å²) < 4.78 is 0. The van der Waals surface area contributed by atoms with Crippen molar-refractivity contribution in [2.45, 2.75) is 33.6 Å². The third-order valence-electron chi connectivity index (χ3n) is 2.57. The molecule has 1 heterocycles. The number of rotatable bonds is 7. The van der Waals surface area contributed by atoms with Crippen molar-refractivity contribution in [3.8, 4) is 0 Å². The maximum absolute atomic E-state index is 11.0. The van der Waals surface area contributed by atoms with Crippen LogP contribution in [0.5, 0.6) is 0 Å². The van der Waals surface area contributed by atoms with Crippen LogP contribution in [0.4, 0.5) is 11.6 Å². The first-order valence-corrected chi connectivity index (χ1v) is 6.33. The van der Waals surface area contributed by atoms with E-state index >= 15 is 0 Å². The number of carbonyl (C=O) groups is 1. The van der Waals surface area contributed by atoms with Gasteiger partial charge in [-0.3, -0.25) is 4.79 Å². The summed E-state index contributed by atoms with van der Waals surface area (Å²) in [4.78, 5) is 21.7. The normalized spacial score (nSPS) is 10.2. The summed E-state index contributed by atoms with van der Waals surface area (Å²) in [6, 6.07) is 1.92. The Morgan fingerprint density at radius 3 is 2.78 bits per heavy atom. The number of aromatic nitrogens is 2. The molecule has 1 N–H and O–H groups in total. The molecule has 0 aliphatic heterocycles. The standard InChI is InChI=1S/C13H22N4O/c1-5-7-14-12-9-13(16-11(3)15-12)17(4)8-6-10(2)18/h9H,5-8H2,1-4H3,(H,14,15,16). The zero-order valence-corrected chi connectivity index (χ0v) is 11.7. The van der Waals surface area contributed by atoms with Crippen LogP contribution in [0.3, 0.4) is 0 Å². The highest BCUT2D eigenvalue weighted by Gasteiger charge is 2.07. The molecule has 0 saturated heterocycles. The first-order chi connectivity index (χ1) is 8.52. The Kier molecular flexibility index (Phi) is 5.55.